The van der Waals surface area contributed by atoms with Crippen molar-refractivity contribution in [2.75, 3.05) is 13.7 Å². The fraction of sp³-hybridized carbons (Fsp3) is 0.447. The fourth-order valence-corrected chi connectivity index (χ4v) is 6.22. The highest BCUT2D eigenvalue weighted by molar-refractivity contribution is 5.87. The van der Waals surface area contributed by atoms with Crippen molar-refractivity contribution in [1.29, 1.82) is 0 Å². The summed E-state index contributed by atoms with van der Waals surface area (Å²) in [6, 6.07) is 20.9. The molecular weight excluding hydrogens is 568 g/mol. The molecule has 1 fully saturated rings. The SMILES string of the molecule is C=C(CO)C(=O)OOOc1cc(-c2ccc(-c3ccc(C4CCC(CCCCCCC)CC4)cc3)cc2CC)ccc1OOC. The van der Waals surface area contributed by atoms with Gasteiger partial charge in [-0.1, -0.05) is 107 Å². The van der Waals surface area contributed by atoms with Crippen molar-refractivity contribution in [2.45, 2.75) is 90.4 Å². The number of carbonyl (C=O) groups excluding carboxylic acids is 1. The van der Waals surface area contributed by atoms with Crippen LogP contribution in [0.3, 0.4) is 0 Å². The van der Waals surface area contributed by atoms with E-state index in [2.05, 4.69) is 72.8 Å². The van der Waals surface area contributed by atoms with Crippen LogP contribution in [0.4, 0.5) is 0 Å². The Balaban J connectivity index is 1.41. The zero-order valence-corrected chi connectivity index (χ0v) is 27.0. The molecule has 45 heavy (non-hydrogen) atoms. The largest absolute Gasteiger partial charge is 0.391 e. The second-order valence-electron chi connectivity index (χ2n) is 12.0. The number of hydrogen-bond donors (Lipinski definition) is 1. The molecule has 1 saturated carbocycles. The molecule has 0 aromatic heterocycles. The number of carbonyl (C=O) groups is 1. The lowest BCUT2D eigenvalue weighted by Crippen LogP contribution is -2.13. The molecule has 0 unspecified atom stereocenters. The number of rotatable bonds is 17. The van der Waals surface area contributed by atoms with Crippen molar-refractivity contribution in [3.63, 3.8) is 0 Å². The lowest BCUT2D eigenvalue weighted by atomic mass is 9.77. The van der Waals surface area contributed by atoms with E-state index in [0.29, 0.717) is 5.92 Å². The maximum atomic E-state index is 11.7. The van der Waals surface area contributed by atoms with Gasteiger partial charge in [0.15, 0.2) is 0 Å². The number of aliphatic hydroxyl groups excluding tert-OH is 1. The molecule has 0 saturated heterocycles. The van der Waals surface area contributed by atoms with Gasteiger partial charge in [-0.3, -0.25) is 9.78 Å². The van der Waals surface area contributed by atoms with Gasteiger partial charge in [0.2, 0.25) is 11.5 Å². The van der Waals surface area contributed by atoms with E-state index in [1.165, 1.54) is 93.6 Å². The third-order valence-corrected chi connectivity index (χ3v) is 8.91. The molecular formula is C38H48O7. The number of aliphatic hydroxyl groups is 1. The predicted molar refractivity (Wildman–Crippen MR) is 176 cm³/mol. The van der Waals surface area contributed by atoms with Crippen LogP contribution in [0.2, 0.25) is 0 Å². The molecule has 0 aliphatic heterocycles. The topological polar surface area (TPSA) is 83.5 Å². The van der Waals surface area contributed by atoms with Crippen molar-refractivity contribution >= 4 is 5.97 Å². The van der Waals surface area contributed by atoms with Crippen molar-refractivity contribution in [2.24, 2.45) is 5.92 Å². The molecule has 0 amide bonds. The molecule has 3 aromatic rings. The summed E-state index contributed by atoms with van der Waals surface area (Å²) in [5.74, 6) is 1.01. The van der Waals surface area contributed by atoms with E-state index in [4.69, 9.17) is 19.8 Å². The van der Waals surface area contributed by atoms with Crippen LogP contribution in [-0.2, 0) is 26.0 Å². The Labute approximate surface area is 267 Å². The highest BCUT2D eigenvalue weighted by Gasteiger charge is 2.22. The van der Waals surface area contributed by atoms with Crippen LogP contribution >= 0.6 is 0 Å². The molecule has 0 bridgehead atoms. The van der Waals surface area contributed by atoms with Crippen molar-refractivity contribution < 1.29 is 34.5 Å². The third-order valence-electron chi connectivity index (χ3n) is 8.91. The highest BCUT2D eigenvalue weighted by atomic mass is 17.5. The molecule has 1 aliphatic carbocycles. The van der Waals surface area contributed by atoms with Crippen molar-refractivity contribution in [1.82, 2.24) is 0 Å². The Hall–Kier alpha value is -3.65. The first kappa shape index (κ1) is 34.2. The number of benzene rings is 3. The Bertz CT molecular complexity index is 1370. The van der Waals surface area contributed by atoms with Gasteiger partial charge in [-0.15, -0.1) is 0 Å². The van der Waals surface area contributed by atoms with E-state index in [0.717, 1.165) is 23.5 Å². The van der Waals surface area contributed by atoms with Gasteiger partial charge in [0, 0.05) is 5.04 Å². The Morgan fingerprint density at radius 3 is 2.22 bits per heavy atom. The lowest BCUT2D eigenvalue weighted by molar-refractivity contribution is -0.436. The number of hydrogen-bond acceptors (Lipinski definition) is 7. The van der Waals surface area contributed by atoms with Crippen LogP contribution < -0.4 is 9.78 Å². The molecule has 0 heterocycles. The van der Waals surface area contributed by atoms with Gasteiger partial charge in [-0.05, 0) is 89.5 Å². The maximum Gasteiger partial charge on any atom is 0.375 e. The first-order valence-corrected chi connectivity index (χ1v) is 16.4. The molecule has 0 spiro atoms. The van der Waals surface area contributed by atoms with Gasteiger partial charge in [-0.2, -0.15) is 4.89 Å². The summed E-state index contributed by atoms with van der Waals surface area (Å²) in [5.41, 5.74) is 6.72. The summed E-state index contributed by atoms with van der Waals surface area (Å²) in [6.07, 6.45) is 14.5. The first-order chi connectivity index (χ1) is 22.0. The Kier molecular flexibility index (Phi) is 13.5. The van der Waals surface area contributed by atoms with Crippen LogP contribution in [0.25, 0.3) is 22.3 Å². The smallest absolute Gasteiger partial charge is 0.375 e. The molecule has 7 nitrogen and oxygen atoms in total. The predicted octanol–water partition coefficient (Wildman–Crippen LogP) is 9.47. The quantitative estimate of drug-likeness (QED) is 0.0700. The van der Waals surface area contributed by atoms with E-state index in [1.54, 1.807) is 12.1 Å². The van der Waals surface area contributed by atoms with E-state index < -0.39 is 12.6 Å². The van der Waals surface area contributed by atoms with Crippen molar-refractivity contribution in [3.8, 4) is 33.8 Å². The monoisotopic (exact) mass is 616 g/mol. The van der Waals surface area contributed by atoms with E-state index in [1.807, 2.05) is 6.07 Å². The summed E-state index contributed by atoms with van der Waals surface area (Å²) in [5, 5.41) is 13.7. The molecule has 1 aliphatic rings. The summed E-state index contributed by atoms with van der Waals surface area (Å²) in [6.45, 7) is 7.23. The zero-order chi connectivity index (χ0) is 32.0. The standard InChI is InChI=1S/C38H48O7/c1-5-7-8-9-10-11-28-12-14-30(15-13-28)31-16-18-32(19-17-31)33-20-22-35(29(6-2)24-33)34-21-23-36(42-41-4)37(25-34)43-45-44-38(40)27(3)26-39/h16-25,28,30,39H,3,5-15,26H2,1-2,4H3. The average molecular weight is 617 g/mol. The van der Waals surface area contributed by atoms with E-state index in [9.17, 15) is 4.79 Å². The normalized spacial score (nSPS) is 16.3. The van der Waals surface area contributed by atoms with Gasteiger partial charge in [-0.25, -0.2) is 4.79 Å². The van der Waals surface area contributed by atoms with Gasteiger partial charge < -0.3 is 9.99 Å². The maximum absolute atomic E-state index is 11.7. The minimum atomic E-state index is -0.948. The zero-order valence-electron chi connectivity index (χ0n) is 27.0. The van der Waals surface area contributed by atoms with Crippen LogP contribution in [-0.4, -0.2) is 24.8 Å². The molecule has 0 radical (unpaired) electrons. The van der Waals surface area contributed by atoms with Gasteiger partial charge in [0.25, 0.3) is 0 Å². The number of aryl methyl sites for hydroxylation is 1. The van der Waals surface area contributed by atoms with Gasteiger partial charge in [0.05, 0.1) is 19.3 Å². The Morgan fingerprint density at radius 2 is 1.53 bits per heavy atom. The van der Waals surface area contributed by atoms with Crippen LogP contribution in [0, 0.1) is 5.92 Å². The van der Waals surface area contributed by atoms with Crippen molar-refractivity contribution in [3.05, 3.63) is 83.9 Å². The summed E-state index contributed by atoms with van der Waals surface area (Å²) in [7, 11) is 1.37. The first-order valence-electron chi connectivity index (χ1n) is 16.4. The third kappa shape index (κ3) is 9.67. The average Bonchev–Trinajstić information content (AvgIpc) is 3.08. The summed E-state index contributed by atoms with van der Waals surface area (Å²) < 4.78 is 0. The minimum Gasteiger partial charge on any atom is -0.391 e. The van der Waals surface area contributed by atoms with E-state index >= 15 is 0 Å². The van der Waals surface area contributed by atoms with Gasteiger partial charge >= 0.3 is 5.97 Å². The van der Waals surface area contributed by atoms with Crippen LogP contribution in [0.5, 0.6) is 11.5 Å². The molecule has 0 atom stereocenters. The highest BCUT2D eigenvalue weighted by Crippen LogP contribution is 2.39. The molecule has 1 N–H and O–H groups in total. The summed E-state index contributed by atoms with van der Waals surface area (Å²) in [4.78, 5) is 31.4. The Morgan fingerprint density at radius 1 is 0.822 bits per heavy atom. The number of unbranched alkanes of at least 4 members (excludes halogenated alkanes) is 4. The molecule has 7 heteroatoms. The molecule has 4 rings (SSSR count). The second kappa shape index (κ2) is 17.7. The second-order valence-corrected chi connectivity index (χ2v) is 12.0. The van der Waals surface area contributed by atoms with E-state index in [-0.39, 0.29) is 17.1 Å². The minimum absolute atomic E-state index is 0.138. The fourth-order valence-electron chi connectivity index (χ4n) is 6.22. The summed E-state index contributed by atoms with van der Waals surface area (Å²) >= 11 is 0. The van der Waals surface area contributed by atoms with Crippen LogP contribution in [0.1, 0.15) is 95.1 Å². The van der Waals surface area contributed by atoms with Gasteiger partial charge in [0.1, 0.15) is 0 Å². The molecule has 242 valence electrons. The van der Waals surface area contributed by atoms with Crippen LogP contribution in [0.15, 0.2) is 72.8 Å². The molecule has 3 aromatic carbocycles. The lowest BCUT2D eigenvalue weighted by Gasteiger charge is -2.29.